The molecule has 1 heterocycles. The van der Waals surface area contributed by atoms with E-state index in [2.05, 4.69) is 11.9 Å². The number of methoxy groups -OCH3 is 2. The Labute approximate surface area is 137 Å². The SMILES string of the molecule is COc1cccc(OCC(=O)N(C)C[C@@H]2C[C@H](OC)CN2C)c1. The topological polar surface area (TPSA) is 51.2 Å². The molecule has 0 N–H and O–H groups in total. The van der Waals surface area contributed by atoms with Crippen molar-refractivity contribution in [3.8, 4) is 11.5 Å². The first-order valence-corrected chi connectivity index (χ1v) is 7.77. The molecular formula is C17H26N2O4. The third-order valence-electron chi connectivity index (χ3n) is 4.30. The van der Waals surface area contributed by atoms with E-state index in [1.165, 1.54) is 0 Å². The van der Waals surface area contributed by atoms with Crippen LogP contribution in [-0.4, -0.2) is 75.9 Å². The Morgan fingerprint density at radius 2 is 2.09 bits per heavy atom. The number of likely N-dealkylation sites (tertiary alicyclic amines) is 1. The van der Waals surface area contributed by atoms with Crippen molar-refractivity contribution < 1.29 is 19.0 Å². The largest absolute Gasteiger partial charge is 0.497 e. The second-order valence-corrected chi connectivity index (χ2v) is 5.93. The number of ether oxygens (including phenoxy) is 3. The first kappa shape index (κ1) is 17.6. The normalized spacial score (nSPS) is 21.2. The first-order valence-electron chi connectivity index (χ1n) is 7.77. The molecule has 1 aliphatic rings. The van der Waals surface area contributed by atoms with Gasteiger partial charge >= 0.3 is 0 Å². The van der Waals surface area contributed by atoms with Gasteiger partial charge in [-0.15, -0.1) is 0 Å². The molecule has 0 bridgehead atoms. The number of hydrogen-bond acceptors (Lipinski definition) is 5. The summed E-state index contributed by atoms with van der Waals surface area (Å²) in [7, 11) is 7.21. The van der Waals surface area contributed by atoms with Crippen LogP contribution in [0.2, 0.25) is 0 Å². The molecule has 0 spiro atoms. The summed E-state index contributed by atoms with van der Waals surface area (Å²) in [5.41, 5.74) is 0. The van der Waals surface area contributed by atoms with Gasteiger partial charge in [0.25, 0.3) is 5.91 Å². The Morgan fingerprint density at radius 3 is 2.74 bits per heavy atom. The Bertz CT molecular complexity index is 523. The predicted octanol–water partition coefficient (Wildman–Crippen LogP) is 1.25. The van der Waals surface area contributed by atoms with Gasteiger partial charge in [-0.05, 0) is 25.6 Å². The van der Waals surface area contributed by atoms with E-state index in [0.29, 0.717) is 24.1 Å². The fourth-order valence-electron chi connectivity index (χ4n) is 2.78. The lowest BCUT2D eigenvalue weighted by Crippen LogP contribution is -2.41. The van der Waals surface area contributed by atoms with Crippen LogP contribution in [0.5, 0.6) is 11.5 Å². The van der Waals surface area contributed by atoms with Crippen molar-refractivity contribution in [1.29, 1.82) is 0 Å². The van der Waals surface area contributed by atoms with E-state index >= 15 is 0 Å². The van der Waals surface area contributed by atoms with Crippen molar-refractivity contribution in [3.05, 3.63) is 24.3 Å². The molecule has 23 heavy (non-hydrogen) atoms. The average Bonchev–Trinajstić information content (AvgIpc) is 2.92. The molecule has 1 fully saturated rings. The van der Waals surface area contributed by atoms with E-state index in [4.69, 9.17) is 14.2 Å². The summed E-state index contributed by atoms with van der Waals surface area (Å²) in [4.78, 5) is 16.2. The zero-order valence-electron chi connectivity index (χ0n) is 14.3. The van der Waals surface area contributed by atoms with Crippen molar-refractivity contribution in [3.63, 3.8) is 0 Å². The van der Waals surface area contributed by atoms with Crippen LogP contribution < -0.4 is 9.47 Å². The maximum Gasteiger partial charge on any atom is 0.260 e. The molecule has 0 unspecified atom stereocenters. The lowest BCUT2D eigenvalue weighted by atomic mass is 10.2. The third kappa shape index (κ3) is 4.84. The molecule has 2 atom stereocenters. The van der Waals surface area contributed by atoms with Crippen LogP contribution in [0.15, 0.2) is 24.3 Å². The van der Waals surface area contributed by atoms with Crippen molar-refractivity contribution in [2.45, 2.75) is 18.6 Å². The Kier molecular flexibility index (Phi) is 6.24. The van der Waals surface area contributed by atoms with Gasteiger partial charge in [0.1, 0.15) is 11.5 Å². The number of likely N-dealkylation sites (N-methyl/N-ethyl adjacent to an activating group) is 2. The zero-order valence-corrected chi connectivity index (χ0v) is 14.3. The van der Waals surface area contributed by atoms with E-state index in [-0.39, 0.29) is 18.6 Å². The molecule has 0 saturated carbocycles. The number of amides is 1. The van der Waals surface area contributed by atoms with E-state index in [1.807, 2.05) is 25.2 Å². The standard InChI is InChI=1S/C17H26N2O4/c1-18-11-16(22-4)8-13(18)10-19(2)17(20)12-23-15-7-5-6-14(9-15)21-3/h5-7,9,13,16H,8,10-12H2,1-4H3/t13-,16-/m0/s1. The zero-order chi connectivity index (χ0) is 16.8. The number of rotatable bonds is 7. The van der Waals surface area contributed by atoms with Gasteiger partial charge in [-0.3, -0.25) is 9.69 Å². The molecule has 128 valence electrons. The summed E-state index contributed by atoms with van der Waals surface area (Å²) in [6, 6.07) is 7.57. The van der Waals surface area contributed by atoms with E-state index in [0.717, 1.165) is 13.0 Å². The van der Waals surface area contributed by atoms with Crippen LogP contribution in [0.25, 0.3) is 0 Å². The Morgan fingerprint density at radius 1 is 1.35 bits per heavy atom. The number of carbonyl (C=O) groups is 1. The molecule has 0 aromatic heterocycles. The first-order chi connectivity index (χ1) is 11.0. The third-order valence-corrected chi connectivity index (χ3v) is 4.30. The Hall–Kier alpha value is -1.79. The summed E-state index contributed by atoms with van der Waals surface area (Å²) in [5, 5.41) is 0. The van der Waals surface area contributed by atoms with Crippen LogP contribution in [-0.2, 0) is 9.53 Å². The summed E-state index contributed by atoms with van der Waals surface area (Å²) in [6.07, 6.45) is 1.20. The lowest BCUT2D eigenvalue weighted by molar-refractivity contribution is -0.132. The van der Waals surface area contributed by atoms with Crippen LogP contribution in [0.1, 0.15) is 6.42 Å². The molecule has 1 aromatic rings. The van der Waals surface area contributed by atoms with E-state index in [1.54, 1.807) is 25.2 Å². The minimum atomic E-state index is -0.0397. The quantitative estimate of drug-likeness (QED) is 0.756. The van der Waals surface area contributed by atoms with Gasteiger partial charge in [0.05, 0.1) is 13.2 Å². The van der Waals surface area contributed by atoms with Gasteiger partial charge < -0.3 is 19.1 Å². The number of benzene rings is 1. The number of hydrogen-bond donors (Lipinski definition) is 0. The van der Waals surface area contributed by atoms with Gasteiger partial charge in [0.15, 0.2) is 6.61 Å². The summed E-state index contributed by atoms with van der Waals surface area (Å²) in [5.74, 6) is 1.30. The number of nitrogens with zero attached hydrogens (tertiary/aromatic N) is 2. The van der Waals surface area contributed by atoms with Crippen LogP contribution in [0.4, 0.5) is 0 Å². The number of carbonyl (C=O) groups excluding carboxylic acids is 1. The second kappa shape index (κ2) is 8.17. The molecule has 1 aliphatic heterocycles. The molecule has 1 aromatic carbocycles. The highest BCUT2D eigenvalue weighted by atomic mass is 16.5. The maximum atomic E-state index is 12.2. The van der Waals surface area contributed by atoms with Crippen molar-refractivity contribution >= 4 is 5.91 Å². The van der Waals surface area contributed by atoms with Crippen LogP contribution in [0.3, 0.4) is 0 Å². The molecule has 2 rings (SSSR count). The highest BCUT2D eigenvalue weighted by Gasteiger charge is 2.30. The van der Waals surface area contributed by atoms with Crippen molar-refractivity contribution in [2.24, 2.45) is 0 Å². The summed E-state index contributed by atoms with van der Waals surface area (Å²) in [6.45, 7) is 1.61. The highest BCUT2D eigenvalue weighted by molar-refractivity contribution is 5.77. The fraction of sp³-hybridized carbons (Fsp3) is 0.588. The molecule has 6 heteroatoms. The van der Waals surface area contributed by atoms with Gasteiger partial charge in [-0.2, -0.15) is 0 Å². The molecule has 6 nitrogen and oxygen atoms in total. The van der Waals surface area contributed by atoms with Crippen molar-refractivity contribution in [2.75, 3.05) is 48.0 Å². The van der Waals surface area contributed by atoms with Crippen LogP contribution >= 0.6 is 0 Å². The van der Waals surface area contributed by atoms with E-state index < -0.39 is 0 Å². The predicted molar refractivity (Wildman–Crippen MR) is 88.0 cm³/mol. The lowest BCUT2D eigenvalue weighted by Gasteiger charge is -2.25. The summed E-state index contributed by atoms with van der Waals surface area (Å²) >= 11 is 0. The minimum absolute atomic E-state index is 0.0216. The van der Waals surface area contributed by atoms with Crippen LogP contribution in [0, 0.1) is 0 Å². The Balaban J connectivity index is 1.80. The molecule has 0 radical (unpaired) electrons. The maximum absolute atomic E-state index is 12.2. The van der Waals surface area contributed by atoms with Gasteiger partial charge in [-0.25, -0.2) is 0 Å². The average molecular weight is 322 g/mol. The van der Waals surface area contributed by atoms with Gasteiger partial charge in [0.2, 0.25) is 0 Å². The molecular weight excluding hydrogens is 296 g/mol. The van der Waals surface area contributed by atoms with Gasteiger partial charge in [0, 0.05) is 39.4 Å². The summed E-state index contributed by atoms with van der Waals surface area (Å²) < 4.78 is 16.1. The monoisotopic (exact) mass is 322 g/mol. The second-order valence-electron chi connectivity index (χ2n) is 5.93. The van der Waals surface area contributed by atoms with Crippen molar-refractivity contribution in [1.82, 2.24) is 9.80 Å². The molecule has 1 amide bonds. The minimum Gasteiger partial charge on any atom is -0.497 e. The van der Waals surface area contributed by atoms with Gasteiger partial charge in [-0.1, -0.05) is 6.07 Å². The fourth-order valence-corrected chi connectivity index (χ4v) is 2.78. The molecule has 1 saturated heterocycles. The molecule has 0 aliphatic carbocycles. The smallest absolute Gasteiger partial charge is 0.260 e. The highest BCUT2D eigenvalue weighted by Crippen LogP contribution is 2.20. The van der Waals surface area contributed by atoms with E-state index in [9.17, 15) is 4.79 Å².